The molecule has 2 heterocycles. The number of hydrogen-bond acceptors (Lipinski definition) is 6. The highest BCUT2D eigenvalue weighted by Crippen LogP contribution is 2.29. The van der Waals surface area contributed by atoms with Crippen LogP contribution in [-0.2, 0) is 0 Å². The van der Waals surface area contributed by atoms with Crippen LogP contribution in [0.15, 0.2) is 0 Å². The molecular formula is C14H25N5OS. The van der Waals surface area contributed by atoms with Crippen molar-refractivity contribution in [3.63, 3.8) is 0 Å². The summed E-state index contributed by atoms with van der Waals surface area (Å²) in [5, 5.41) is 4.15. The van der Waals surface area contributed by atoms with E-state index in [4.69, 9.17) is 5.73 Å². The molecule has 3 N–H and O–H groups in total. The molecule has 0 radical (unpaired) electrons. The molecule has 0 unspecified atom stereocenters. The Hall–Kier alpha value is -1.34. The van der Waals surface area contributed by atoms with Crippen molar-refractivity contribution in [2.24, 2.45) is 5.41 Å². The first-order valence-electron chi connectivity index (χ1n) is 7.25. The number of aromatic nitrogens is 1. The van der Waals surface area contributed by atoms with E-state index in [-0.39, 0.29) is 11.3 Å². The van der Waals surface area contributed by atoms with Gasteiger partial charge in [0.1, 0.15) is 10.7 Å². The standard InChI is InChI=1S/C14H25N5OS/c1-14(2,3)9-18(4)12(20)10-11(15)17-13(21-10)19-7-5-16-6-8-19/h16H,5-9,15H2,1-4H3. The van der Waals surface area contributed by atoms with E-state index in [1.165, 1.54) is 11.3 Å². The van der Waals surface area contributed by atoms with Crippen molar-refractivity contribution in [3.05, 3.63) is 4.88 Å². The Morgan fingerprint density at radius 3 is 2.62 bits per heavy atom. The largest absolute Gasteiger partial charge is 0.382 e. The zero-order valence-corrected chi connectivity index (χ0v) is 14.1. The highest BCUT2D eigenvalue weighted by atomic mass is 32.1. The number of nitrogens with two attached hydrogens (primary N) is 1. The van der Waals surface area contributed by atoms with E-state index in [0.717, 1.165) is 31.3 Å². The molecule has 0 atom stereocenters. The van der Waals surface area contributed by atoms with Gasteiger partial charge in [-0.2, -0.15) is 0 Å². The average molecular weight is 311 g/mol. The number of hydrogen-bond donors (Lipinski definition) is 2. The van der Waals surface area contributed by atoms with Crippen molar-refractivity contribution in [1.29, 1.82) is 0 Å². The lowest BCUT2D eigenvalue weighted by atomic mass is 9.96. The van der Waals surface area contributed by atoms with Gasteiger partial charge in [-0.25, -0.2) is 4.98 Å². The van der Waals surface area contributed by atoms with Crippen LogP contribution in [0.25, 0.3) is 0 Å². The molecule has 0 saturated carbocycles. The third-order valence-electron chi connectivity index (χ3n) is 3.28. The highest BCUT2D eigenvalue weighted by Gasteiger charge is 2.25. The Morgan fingerprint density at radius 2 is 2.05 bits per heavy atom. The molecule has 1 aliphatic heterocycles. The van der Waals surface area contributed by atoms with Gasteiger partial charge in [0.05, 0.1) is 0 Å². The molecule has 0 aromatic carbocycles. The SMILES string of the molecule is CN(CC(C)(C)C)C(=O)c1sc(N2CCNCC2)nc1N. The van der Waals surface area contributed by atoms with Crippen LogP contribution in [0.5, 0.6) is 0 Å². The van der Waals surface area contributed by atoms with Crippen molar-refractivity contribution in [3.8, 4) is 0 Å². The molecule has 0 aliphatic carbocycles. The van der Waals surface area contributed by atoms with Gasteiger partial charge in [0.15, 0.2) is 5.13 Å². The Labute approximate surface area is 130 Å². The van der Waals surface area contributed by atoms with E-state index < -0.39 is 0 Å². The van der Waals surface area contributed by atoms with Crippen LogP contribution in [0.1, 0.15) is 30.4 Å². The summed E-state index contributed by atoms with van der Waals surface area (Å²) in [7, 11) is 1.82. The monoisotopic (exact) mass is 311 g/mol. The number of thiazole rings is 1. The summed E-state index contributed by atoms with van der Waals surface area (Å²) < 4.78 is 0. The number of nitrogen functional groups attached to an aromatic ring is 1. The molecule has 1 aromatic rings. The van der Waals surface area contributed by atoms with E-state index in [1.807, 2.05) is 7.05 Å². The van der Waals surface area contributed by atoms with E-state index in [0.29, 0.717) is 17.2 Å². The molecule has 1 amide bonds. The summed E-state index contributed by atoms with van der Waals surface area (Å²) in [5.74, 6) is 0.306. The summed E-state index contributed by atoms with van der Waals surface area (Å²) in [6, 6.07) is 0. The maximum absolute atomic E-state index is 12.5. The van der Waals surface area contributed by atoms with E-state index in [1.54, 1.807) is 4.90 Å². The van der Waals surface area contributed by atoms with Crippen LogP contribution in [-0.4, -0.2) is 55.6 Å². The number of carbonyl (C=O) groups excluding carboxylic acids is 1. The first-order valence-corrected chi connectivity index (χ1v) is 8.07. The molecule has 118 valence electrons. The predicted octanol–water partition coefficient (Wildman–Crippen LogP) is 1.25. The first kappa shape index (κ1) is 16.0. The lowest BCUT2D eigenvalue weighted by Gasteiger charge is -2.27. The van der Waals surface area contributed by atoms with Crippen LogP contribution in [0, 0.1) is 5.41 Å². The number of nitrogens with one attached hydrogen (secondary N) is 1. The molecular weight excluding hydrogens is 286 g/mol. The van der Waals surface area contributed by atoms with Crippen molar-refractivity contribution in [1.82, 2.24) is 15.2 Å². The lowest BCUT2D eigenvalue weighted by Crippen LogP contribution is -2.43. The first-order chi connectivity index (χ1) is 9.78. The van der Waals surface area contributed by atoms with Crippen LogP contribution < -0.4 is 16.0 Å². The molecule has 21 heavy (non-hydrogen) atoms. The van der Waals surface area contributed by atoms with Gasteiger partial charge < -0.3 is 20.9 Å². The number of nitrogens with zero attached hydrogens (tertiary/aromatic N) is 3. The van der Waals surface area contributed by atoms with Crippen molar-refractivity contribution < 1.29 is 4.79 Å². The van der Waals surface area contributed by atoms with Crippen molar-refractivity contribution >= 4 is 28.2 Å². The second-order valence-electron chi connectivity index (χ2n) is 6.67. The molecule has 2 rings (SSSR count). The second-order valence-corrected chi connectivity index (χ2v) is 7.65. The maximum Gasteiger partial charge on any atom is 0.267 e. The Morgan fingerprint density at radius 1 is 1.43 bits per heavy atom. The van der Waals surface area contributed by atoms with E-state index in [9.17, 15) is 4.79 Å². The molecule has 6 nitrogen and oxygen atoms in total. The topological polar surface area (TPSA) is 74.5 Å². The number of rotatable bonds is 3. The summed E-state index contributed by atoms with van der Waals surface area (Å²) in [5.41, 5.74) is 6.02. The summed E-state index contributed by atoms with van der Waals surface area (Å²) >= 11 is 1.40. The van der Waals surface area contributed by atoms with E-state index in [2.05, 4.69) is 36.0 Å². The maximum atomic E-state index is 12.5. The zero-order chi connectivity index (χ0) is 15.6. The lowest BCUT2D eigenvalue weighted by molar-refractivity contribution is 0.0751. The van der Waals surface area contributed by atoms with Crippen LogP contribution >= 0.6 is 11.3 Å². The highest BCUT2D eigenvalue weighted by molar-refractivity contribution is 7.18. The predicted molar refractivity (Wildman–Crippen MR) is 88.0 cm³/mol. The fourth-order valence-electron chi connectivity index (χ4n) is 2.42. The molecule has 7 heteroatoms. The van der Waals surface area contributed by atoms with Gasteiger partial charge in [-0.05, 0) is 5.41 Å². The molecule has 1 aliphatic rings. The van der Waals surface area contributed by atoms with Gasteiger partial charge in [-0.3, -0.25) is 4.79 Å². The van der Waals surface area contributed by atoms with Crippen LogP contribution in [0.3, 0.4) is 0 Å². The normalized spacial score (nSPS) is 16.1. The summed E-state index contributed by atoms with van der Waals surface area (Å²) in [6.07, 6.45) is 0. The fourth-order valence-corrected chi connectivity index (χ4v) is 3.45. The van der Waals surface area contributed by atoms with Crippen molar-refractivity contribution in [2.75, 3.05) is 50.4 Å². The van der Waals surface area contributed by atoms with Crippen LogP contribution in [0.4, 0.5) is 10.9 Å². The fraction of sp³-hybridized carbons (Fsp3) is 0.714. The minimum atomic E-state index is -0.0405. The summed E-state index contributed by atoms with van der Waals surface area (Å²) in [4.78, 5) is 21.4. The number of carbonyl (C=O) groups is 1. The molecule has 0 bridgehead atoms. The second kappa shape index (κ2) is 6.19. The smallest absolute Gasteiger partial charge is 0.267 e. The van der Waals surface area contributed by atoms with Crippen molar-refractivity contribution in [2.45, 2.75) is 20.8 Å². The van der Waals surface area contributed by atoms with Crippen LogP contribution in [0.2, 0.25) is 0 Å². The molecule has 1 aromatic heterocycles. The summed E-state index contributed by atoms with van der Waals surface area (Å²) in [6.45, 7) is 10.7. The van der Waals surface area contributed by atoms with Gasteiger partial charge in [-0.15, -0.1) is 0 Å². The number of piperazine rings is 1. The number of anilines is 2. The van der Waals surface area contributed by atoms with E-state index >= 15 is 0 Å². The Balaban J connectivity index is 2.12. The van der Waals surface area contributed by atoms with Gasteiger partial charge >= 0.3 is 0 Å². The van der Waals surface area contributed by atoms with Gasteiger partial charge in [-0.1, -0.05) is 32.1 Å². The minimum absolute atomic E-state index is 0.0405. The Bertz CT molecular complexity index is 502. The third-order valence-corrected chi connectivity index (χ3v) is 4.40. The van der Waals surface area contributed by atoms with Gasteiger partial charge in [0.2, 0.25) is 0 Å². The quantitative estimate of drug-likeness (QED) is 0.879. The third kappa shape index (κ3) is 4.07. The zero-order valence-electron chi connectivity index (χ0n) is 13.3. The molecule has 1 fully saturated rings. The average Bonchev–Trinajstić information content (AvgIpc) is 2.79. The Kier molecular flexibility index (Phi) is 4.73. The minimum Gasteiger partial charge on any atom is -0.382 e. The molecule has 0 spiro atoms. The van der Waals surface area contributed by atoms with Gasteiger partial charge in [0.25, 0.3) is 5.91 Å². The number of amides is 1. The molecule has 1 saturated heterocycles. The van der Waals surface area contributed by atoms with Gasteiger partial charge in [0, 0.05) is 39.8 Å².